The summed E-state index contributed by atoms with van der Waals surface area (Å²) in [5, 5.41) is 16.5. The smallest absolute Gasteiger partial charge is 0.288 e. The van der Waals surface area contributed by atoms with Gasteiger partial charge in [0.1, 0.15) is 11.1 Å². The van der Waals surface area contributed by atoms with Crippen LogP contribution in [0.3, 0.4) is 0 Å². The molecule has 8 heteroatoms. The third kappa shape index (κ3) is 3.24. The molecule has 0 spiro atoms. The van der Waals surface area contributed by atoms with Crippen LogP contribution in [0.2, 0.25) is 5.02 Å². The zero-order valence-electron chi connectivity index (χ0n) is 10.8. The lowest BCUT2D eigenvalue weighted by atomic mass is 10.1. The average molecular weight is 300 g/mol. The maximum Gasteiger partial charge on any atom is 0.288 e. The van der Waals surface area contributed by atoms with E-state index in [2.05, 4.69) is 10.6 Å². The Morgan fingerprint density at radius 2 is 2.35 bits per heavy atom. The van der Waals surface area contributed by atoms with Gasteiger partial charge in [0.15, 0.2) is 0 Å². The largest absolute Gasteiger partial charge is 0.366 e. The van der Waals surface area contributed by atoms with Crippen LogP contribution in [0.25, 0.3) is 0 Å². The number of carbonyl (C=O) groups is 1. The van der Waals surface area contributed by atoms with Crippen LogP contribution in [0, 0.1) is 17.0 Å². The van der Waals surface area contributed by atoms with Gasteiger partial charge in [-0.05, 0) is 18.6 Å². The maximum absolute atomic E-state index is 12.0. The maximum atomic E-state index is 12.0. The Bertz CT molecular complexity index is 544. The second kappa shape index (κ2) is 6.17. The third-order valence-electron chi connectivity index (χ3n) is 2.97. The van der Waals surface area contributed by atoms with E-state index in [-0.39, 0.29) is 16.6 Å². The molecule has 1 aromatic carbocycles. The van der Waals surface area contributed by atoms with Crippen molar-refractivity contribution in [1.82, 2.24) is 5.32 Å². The second-order valence-corrected chi connectivity index (χ2v) is 4.84. The summed E-state index contributed by atoms with van der Waals surface area (Å²) in [6.07, 6.45) is -0.572. The van der Waals surface area contributed by atoms with E-state index in [0.717, 1.165) is 0 Å². The van der Waals surface area contributed by atoms with Crippen molar-refractivity contribution in [3.8, 4) is 0 Å². The van der Waals surface area contributed by atoms with E-state index < -0.39 is 11.0 Å². The van der Waals surface area contributed by atoms with Crippen molar-refractivity contribution in [1.29, 1.82) is 0 Å². The summed E-state index contributed by atoms with van der Waals surface area (Å²) in [5.41, 5.74) is 0.829. The van der Waals surface area contributed by atoms with Crippen molar-refractivity contribution in [3.63, 3.8) is 0 Å². The van der Waals surface area contributed by atoms with Gasteiger partial charge in [-0.1, -0.05) is 11.6 Å². The molecule has 0 aromatic heterocycles. The van der Waals surface area contributed by atoms with Crippen LogP contribution in [-0.4, -0.2) is 36.6 Å². The van der Waals surface area contributed by atoms with Crippen LogP contribution >= 0.6 is 11.6 Å². The number of amides is 1. The fourth-order valence-electron chi connectivity index (χ4n) is 1.89. The fraction of sp³-hybridized carbons (Fsp3) is 0.417. The number of anilines is 1. The summed E-state index contributed by atoms with van der Waals surface area (Å²) in [4.78, 5) is 22.2. The molecule has 7 nitrogen and oxygen atoms in total. The standard InChI is InChI=1S/C12H14ClN3O4/c1-7-4-10(16(18)19)8(13)5-9(7)15-12(17)11-6-14-2-3-20-11/h4-5,11,14H,2-3,6H2,1H3,(H,15,17). The fourth-order valence-corrected chi connectivity index (χ4v) is 2.12. The summed E-state index contributed by atoms with van der Waals surface area (Å²) in [6.45, 7) is 3.29. The molecule has 108 valence electrons. The number of nitro benzene ring substituents is 1. The van der Waals surface area contributed by atoms with Gasteiger partial charge in [0.25, 0.3) is 11.6 Å². The summed E-state index contributed by atoms with van der Waals surface area (Å²) in [6, 6.07) is 2.71. The van der Waals surface area contributed by atoms with Crippen LogP contribution in [0.15, 0.2) is 12.1 Å². The summed E-state index contributed by atoms with van der Waals surface area (Å²) in [5.74, 6) is -0.301. The number of rotatable bonds is 3. The topological polar surface area (TPSA) is 93.5 Å². The number of hydrogen-bond acceptors (Lipinski definition) is 5. The molecule has 0 radical (unpaired) electrons. The van der Waals surface area contributed by atoms with E-state index in [1.807, 2.05) is 0 Å². The first-order valence-corrected chi connectivity index (χ1v) is 6.44. The molecule has 1 aromatic rings. The first-order valence-electron chi connectivity index (χ1n) is 6.06. The van der Waals surface area contributed by atoms with E-state index in [0.29, 0.717) is 30.9 Å². The zero-order valence-corrected chi connectivity index (χ0v) is 11.6. The quantitative estimate of drug-likeness (QED) is 0.651. The van der Waals surface area contributed by atoms with Crippen molar-refractivity contribution in [2.24, 2.45) is 0 Å². The number of hydrogen-bond donors (Lipinski definition) is 2. The van der Waals surface area contributed by atoms with Gasteiger partial charge in [0.2, 0.25) is 0 Å². The van der Waals surface area contributed by atoms with E-state index in [9.17, 15) is 14.9 Å². The minimum Gasteiger partial charge on any atom is -0.366 e. The number of nitrogens with one attached hydrogen (secondary N) is 2. The molecule has 1 amide bonds. The Labute approximate surface area is 120 Å². The van der Waals surface area contributed by atoms with Gasteiger partial charge in [-0.15, -0.1) is 0 Å². The van der Waals surface area contributed by atoms with Crippen LogP contribution in [-0.2, 0) is 9.53 Å². The Morgan fingerprint density at radius 1 is 1.60 bits per heavy atom. The minimum absolute atomic E-state index is 0.0152. The molecule has 20 heavy (non-hydrogen) atoms. The highest BCUT2D eigenvalue weighted by Gasteiger charge is 2.23. The van der Waals surface area contributed by atoms with E-state index in [1.54, 1.807) is 6.92 Å². The van der Waals surface area contributed by atoms with Crippen LogP contribution in [0.5, 0.6) is 0 Å². The molecule has 2 rings (SSSR count). The molecular formula is C12H14ClN3O4. The van der Waals surface area contributed by atoms with Gasteiger partial charge < -0.3 is 15.4 Å². The Hall–Kier alpha value is -1.70. The van der Waals surface area contributed by atoms with Gasteiger partial charge in [-0.2, -0.15) is 0 Å². The van der Waals surface area contributed by atoms with Gasteiger partial charge in [-0.3, -0.25) is 14.9 Å². The molecule has 1 aliphatic rings. The molecule has 1 heterocycles. The molecule has 2 N–H and O–H groups in total. The number of benzene rings is 1. The number of morpholine rings is 1. The monoisotopic (exact) mass is 299 g/mol. The Kier molecular flexibility index (Phi) is 4.53. The minimum atomic E-state index is -0.572. The third-order valence-corrected chi connectivity index (χ3v) is 3.27. The normalized spacial score (nSPS) is 18.6. The van der Waals surface area contributed by atoms with Gasteiger partial charge >= 0.3 is 0 Å². The summed E-state index contributed by atoms with van der Waals surface area (Å²) < 4.78 is 5.33. The highest BCUT2D eigenvalue weighted by molar-refractivity contribution is 6.33. The number of nitrogens with zero attached hydrogens (tertiary/aromatic N) is 1. The molecule has 1 atom stereocenters. The second-order valence-electron chi connectivity index (χ2n) is 4.43. The number of ether oxygens (including phenoxy) is 1. The number of halogens is 1. The molecule has 0 aliphatic carbocycles. The van der Waals surface area contributed by atoms with Crippen molar-refractivity contribution in [2.45, 2.75) is 13.0 Å². The number of carbonyl (C=O) groups excluding carboxylic acids is 1. The van der Waals surface area contributed by atoms with Gasteiger partial charge in [0, 0.05) is 24.8 Å². The molecule has 1 unspecified atom stereocenters. The summed E-state index contributed by atoms with van der Waals surface area (Å²) >= 11 is 5.83. The Morgan fingerprint density at radius 3 is 2.95 bits per heavy atom. The molecule has 0 bridgehead atoms. The molecule has 1 aliphatic heterocycles. The van der Waals surface area contributed by atoms with Crippen molar-refractivity contribution in [3.05, 3.63) is 32.8 Å². The van der Waals surface area contributed by atoms with Crippen LogP contribution in [0.4, 0.5) is 11.4 Å². The van der Waals surface area contributed by atoms with Crippen molar-refractivity contribution < 1.29 is 14.5 Å². The van der Waals surface area contributed by atoms with E-state index in [4.69, 9.17) is 16.3 Å². The predicted octanol–water partition coefficient (Wildman–Crippen LogP) is 1.48. The highest BCUT2D eigenvalue weighted by atomic mass is 35.5. The molecular weight excluding hydrogens is 286 g/mol. The summed E-state index contributed by atoms with van der Waals surface area (Å²) in [7, 11) is 0. The number of nitro groups is 1. The van der Waals surface area contributed by atoms with Crippen molar-refractivity contribution >= 4 is 28.9 Å². The predicted molar refractivity (Wildman–Crippen MR) is 74.1 cm³/mol. The van der Waals surface area contributed by atoms with E-state index in [1.165, 1.54) is 12.1 Å². The van der Waals surface area contributed by atoms with Crippen LogP contribution < -0.4 is 10.6 Å². The number of aryl methyl sites for hydroxylation is 1. The molecule has 1 saturated heterocycles. The lowest BCUT2D eigenvalue weighted by Crippen LogP contribution is -2.45. The highest BCUT2D eigenvalue weighted by Crippen LogP contribution is 2.30. The van der Waals surface area contributed by atoms with Crippen molar-refractivity contribution in [2.75, 3.05) is 25.0 Å². The molecule has 1 fully saturated rings. The van der Waals surface area contributed by atoms with Gasteiger partial charge in [0.05, 0.1) is 11.5 Å². The van der Waals surface area contributed by atoms with Crippen LogP contribution in [0.1, 0.15) is 5.56 Å². The lowest BCUT2D eigenvalue weighted by molar-refractivity contribution is -0.384. The lowest BCUT2D eigenvalue weighted by Gasteiger charge is -2.23. The molecule has 0 saturated carbocycles. The zero-order chi connectivity index (χ0) is 14.7. The van der Waals surface area contributed by atoms with Gasteiger partial charge in [-0.25, -0.2) is 0 Å². The first kappa shape index (κ1) is 14.7. The SMILES string of the molecule is Cc1cc([N+](=O)[O-])c(Cl)cc1NC(=O)C1CNCCO1. The van der Waals surface area contributed by atoms with E-state index >= 15 is 0 Å². The Balaban J connectivity index is 2.15. The average Bonchev–Trinajstić information content (AvgIpc) is 2.43. The first-order chi connectivity index (χ1) is 9.49.